The van der Waals surface area contributed by atoms with Crippen molar-refractivity contribution < 1.29 is 0 Å². The summed E-state index contributed by atoms with van der Waals surface area (Å²) >= 11 is 3.33. The topological polar surface area (TPSA) is 39.1 Å². The minimum absolute atomic E-state index is 0.195. The maximum Gasteiger partial charge on any atom is 0.261 e. The second-order valence-electron chi connectivity index (χ2n) is 9.90. The first-order chi connectivity index (χ1) is 17.6. The molecule has 5 heteroatoms. The van der Waals surface area contributed by atoms with Gasteiger partial charge in [0, 0.05) is 48.8 Å². The third-order valence-electron chi connectivity index (χ3n) is 8.52. The van der Waals surface area contributed by atoms with E-state index in [1.807, 2.05) is 6.08 Å². The Labute approximate surface area is 211 Å². The molecule has 0 spiro atoms. The van der Waals surface area contributed by atoms with Crippen molar-refractivity contribution in [2.24, 2.45) is 7.05 Å². The lowest BCUT2D eigenvalue weighted by molar-refractivity contribution is 0.857. The van der Waals surface area contributed by atoms with Crippen LogP contribution in [0, 0.1) is 0 Å². The van der Waals surface area contributed by atoms with Crippen LogP contribution in [0.2, 0.25) is 0 Å². The largest absolute Gasteiger partial charge is 0.277 e. The van der Waals surface area contributed by atoms with Gasteiger partial charge in [-0.3, -0.25) is 14.2 Å². The number of hydrogen-bond acceptors (Lipinski definition) is 4. The molecule has 0 aliphatic carbocycles. The zero-order valence-corrected chi connectivity index (χ0v) is 21.2. The van der Waals surface area contributed by atoms with Crippen molar-refractivity contribution in [3.63, 3.8) is 0 Å². The number of nitrogens with zero attached hydrogens (tertiary/aromatic N) is 1. The van der Waals surface area contributed by atoms with Crippen molar-refractivity contribution in [1.29, 1.82) is 0 Å². The number of hydrogen-bond donors (Lipinski definition) is 0. The molecule has 0 aliphatic rings. The molecular weight excluding hydrogens is 482 g/mol. The SMILES string of the molecule is C=Cc1cc2c3ccsc3c3c4c(=O)n(C)c(=O)c4c4c5sccc5c5cc(CC)c1c1c2c3c4c51. The van der Waals surface area contributed by atoms with Crippen molar-refractivity contribution in [2.75, 3.05) is 0 Å². The summed E-state index contributed by atoms with van der Waals surface area (Å²) in [5.74, 6) is 0. The third-order valence-corrected chi connectivity index (χ3v) is 10.4. The van der Waals surface area contributed by atoms with E-state index in [0.717, 1.165) is 48.3 Å². The summed E-state index contributed by atoms with van der Waals surface area (Å²) in [5, 5.41) is 19.3. The molecule has 0 saturated carbocycles. The van der Waals surface area contributed by atoms with Gasteiger partial charge in [0.1, 0.15) is 0 Å². The summed E-state index contributed by atoms with van der Waals surface area (Å²) < 4.78 is 3.49. The van der Waals surface area contributed by atoms with E-state index in [9.17, 15) is 9.59 Å². The number of fused-ring (bicyclic) bond motifs is 9. The molecule has 0 bridgehead atoms. The van der Waals surface area contributed by atoms with Gasteiger partial charge in [0.15, 0.2) is 0 Å². The van der Waals surface area contributed by atoms with Crippen molar-refractivity contribution in [3.8, 4) is 0 Å². The van der Waals surface area contributed by atoms with E-state index >= 15 is 0 Å². The minimum atomic E-state index is -0.195. The Hall–Kier alpha value is -3.80. The number of benzene rings is 5. The van der Waals surface area contributed by atoms with E-state index in [1.54, 1.807) is 29.7 Å². The second kappa shape index (κ2) is 5.94. The number of aryl methyl sites for hydroxylation is 1. The van der Waals surface area contributed by atoms with Crippen LogP contribution in [0.4, 0.5) is 0 Å². The molecule has 3 aromatic heterocycles. The maximum absolute atomic E-state index is 13.7. The smallest absolute Gasteiger partial charge is 0.261 e. The quantitative estimate of drug-likeness (QED) is 0.226. The molecular formula is C31H17NO2S2. The Morgan fingerprint density at radius 1 is 0.722 bits per heavy atom. The van der Waals surface area contributed by atoms with Crippen LogP contribution in [-0.4, -0.2) is 4.57 Å². The van der Waals surface area contributed by atoms with Crippen LogP contribution in [0.3, 0.4) is 0 Å². The van der Waals surface area contributed by atoms with Crippen LogP contribution in [0.25, 0.3) is 90.9 Å². The van der Waals surface area contributed by atoms with Crippen LogP contribution in [0.5, 0.6) is 0 Å². The van der Waals surface area contributed by atoms with Crippen LogP contribution in [0.1, 0.15) is 18.1 Å². The van der Waals surface area contributed by atoms with E-state index in [2.05, 4.69) is 48.5 Å². The maximum atomic E-state index is 13.7. The fraction of sp³-hybridized carbons (Fsp3) is 0.0968. The van der Waals surface area contributed by atoms with Gasteiger partial charge in [-0.1, -0.05) is 19.6 Å². The Morgan fingerprint density at radius 2 is 1.25 bits per heavy atom. The first-order valence-corrected chi connectivity index (χ1v) is 13.8. The van der Waals surface area contributed by atoms with Crippen molar-refractivity contribution in [1.82, 2.24) is 4.57 Å². The molecule has 0 fully saturated rings. The summed E-state index contributed by atoms with van der Waals surface area (Å²) in [5.41, 5.74) is 2.07. The molecule has 0 unspecified atom stereocenters. The van der Waals surface area contributed by atoms with Gasteiger partial charge in [-0.25, -0.2) is 0 Å². The summed E-state index contributed by atoms with van der Waals surface area (Å²) in [6, 6.07) is 8.99. The second-order valence-corrected chi connectivity index (χ2v) is 11.7. The summed E-state index contributed by atoms with van der Waals surface area (Å²) in [7, 11) is 1.61. The monoisotopic (exact) mass is 499 g/mol. The molecule has 9 aromatic rings. The minimum Gasteiger partial charge on any atom is -0.277 e. The van der Waals surface area contributed by atoms with E-state index in [-0.39, 0.29) is 11.1 Å². The molecule has 0 saturated heterocycles. The molecule has 3 heterocycles. The zero-order chi connectivity index (χ0) is 24.2. The van der Waals surface area contributed by atoms with E-state index in [4.69, 9.17) is 0 Å². The van der Waals surface area contributed by atoms with Crippen molar-refractivity contribution >= 4 is 114 Å². The Morgan fingerprint density at radius 3 is 1.78 bits per heavy atom. The highest BCUT2D eigenvalue weighted by Crippen LogP contribution is 2.57. The average Bonchev–Trinajstić information content (AvgIpc) is 3.68. The Kier molecular flexibility index (Phi) is 3.20. The molecule has 3 nitrogen and oxygen atoms in total. The van der Waals surface area contributed by atoms with Gasteiger partial charge in [0.05, 0.1) is 10.8 Å². The van der Waals surface area contributed by atoms with Gasteiger partial charge in [-0.15, -0.1) is 22.7 Å². The molecule has 0 amide bonds. The van der Waals surface area contributed by atoms with E-state index in [1.165, 1.54) is 47.8 Å². The molecule has 9 rings (SSSR count). The first-order valence-electron chi connectivity index (χ1n) is 12.1. The lowest BCUT2D eigenvalue weighted by Crippen LogP contribution is -2.21. The molecule has 170 valence electrons. The van der Waals surface area contributed by atoms with Crippen molar-refractivity contribution in [3.05, 3.63) is 73.4 Å². The summed E-state index contributed by atoms with van der Waals surface area (Å²) in [6.07, 6.45) is 2.90. The van der Waals surface area contributed by atoms with Crippen LogP contribution in [-0.2, 0) is 13.5 Å². The molecule has 0 N–H and O–H groups in total. The highest BCUT2D eigenvalue weighted by molar-refractivity contribution is 7.19. The van der Waals surface area contributed by atoms with Gasteiger partial charge < -0.3 is 0 Å². The molecule has 0 atom stereocenters. The number of thiophene rings is 2. The van der Waals surface area contributed by atoms with Crippen LogP contribution < -0.4 is 11.1 Å². The van der Waals surface area contributed by atoms with Crippen LogP contribution in [0.15, 0.2) is 51.2 Å². The predicted molar refractivity (Wildman–Crippen MR) is 158 cm³/mol. The zero-order valence-electron chi connectivity index (χ0n) is 19.5. The number of rotatable bonds is 2. The Bertz CT molecular complexity index is 2460. The van der Waals surface area contributed by atoms with Gasteiger partial charge in [-0.2, -0.15) is 0 Å². The van der Waals surface area contributed by atoms with Gasteiger partial charge in [0.2, 0.25) is 0 Å². The van der Waals surface area contributed by atoms with Crippen LogP contribution >= 0.6 is 22.7 Å². The fourth-order valence-electron chi connectivity index (χ4n) is 7.13. The van der Waals surface area contributed by atoms with Gasteiger partial charge in [-0.05, 0) is 84.9 Å². The highest BCUT2D eigenvalue weighted by Gasteiger charge is 2.31. The van der Waals surface area contributed by atoms with Crippen molar-refractivity contribution in [2.45, 2.75) is 13.3 Å². The summed E-state index contributed by atoms with van der Waals surface area (Å²) in [6.45, 7) is 6.40. The standard InChI is InChI=1S/C31H17NO2S2/c1-4-12-10-16-14-6-8-35-28(14)24-22-19(16)21-18(12)13(5-2)11-17-15-7-9-36-29(15)25(23(22)20(17)21)27-26(24)30(33)32(3)31(27)34/h4,6-11H,1,5H2,2-3H3. The third kappa shape index (κ3) is 1.78. The molecule has 36 heavy (non-hydrogen) atoms. The molecule has 0 aliphatic heterocycles. The summed E-state index contributed by atoms with van der Waals surface area (Å²) in [4.78, 5) is 27.4. The van der Waals surface area contributed by atoms with Gasteiger partial charge in [0.25, 0.3) is 11.1 Å². The lowest BCUT2D eigenvalue weighted by atomic mass is 9.89. The Balaban J connectivity index is 1.88. The predicted octanol–water partition coefficient (Wildman–Crippen LogP) is 8.05. The molecule has 0 radical (unpaired) electrons. The lowest BCUT2D eigenvalue weighted by Gasteiger charge is -2.14. The molecule has 6 aromatic carbocycles. The average molecular weight is 500 g/mol. The normalized spacial score (nSPS) is 13.2. The number of aromatic nitrogens is 1. The van der Waals surface area contributed by atoms with Gasteiger partial charge >= 0.3 is 0 Å². The van der Waals surface area contributed by atoms with E-state index in [0.29, 0.717) is 10.8 Å². The fourth-order valence-corrected chi connectivity index (χ4v) is 9.06. The van der Waals surface area contributed by atoms with E-state index < -0.39 is 0 Å². The highest BCUT2D eigenvalue weighted by atomic mass is 32.1. The first kappa shape index (κ1) is 19.4.